The van der Waals surface area contributed by atoms with Crippen LogP contribution in [0.4, 0.5) is 56.9 Å². The van der Waals surface area contributed by atoms with Gasteiger partial charge in [-0.25, -0.2) is 0 Å². The quantitative estimate of drug-likeness (QED) is 0.0796. The molecule has 3 aromatic heterocycles. The Kier molecular flexibility index (Phi) is 18.8. The molecule has 5 N–H and O–H groups in total. The minimum atomic E-state index is -0.598. The predicted molar refractivity (Wildman–Crippen MR) is 502 cm³/mol. The summed E-state index contributed by atoms with van der Waals surface area (Å²) in [6.07, 6.45) is 1.89. The SMILES string of the molecule is C=Cc1cccc(-c2ccc3sc4ccc(Nc5ccccc5)cc4c3c2)c1.Cc1cccc(Nc2cccc(C)c2)c1.[2H]c1c([2H])c([2H])c(-c2c([2H])c([2H])c(Nc3ccccc3)c([2H])c2[2H])c([2H])c1[2H].c1ccc(Nc2cc3c4ccccc4sc3c3ccccc23)cc1.c1ccc(Nc2cc3sc4ccc5ccccc5c4c3c3ccccc23)cc1. The molecule has 114 heavy (non-hydrogen) atoms. The number of fused-ring (bicyclic) bond motifs is 15. The maximum absolute atomic E-state index is 8.30. The van der Waals surface area contributed by atoms with Crippen molar-refractivity contribution in [2.75, 3.05) is 26.6 Å². The molecule has 21 aromatic rings. The van der Waals surface area contributed by atoms with Crippen LogP contribution in [0.1, 0.15) is 29.0 Å². The van der Waals surface area contributed by atoms with Crippen molar-refractivity contribution in [3.8, 4) is 22.3 Å². The monoisotopic (exact) mass is 1530 g/mol. The van der Waals surface area contributed by atoms with Crippen molar-refractivity contribution >= 4 is 190 Å². The Labute approximate surface area is 689 Å². The van der Waals surface area contributed by atoms with Crippen molar-refractivity contribution in [1.29, 1.82) is 0 Å². The molecule has 0 fully saturated rings. The Morgan fingerprint density at radius 2 is 0.702 bits per heavy atom. The summed E-state index contributed by atoms with van der Waals surface area (Å²) in [7, 11) is 0. The zero-order valence-electron chi connectivity index (χ0n) is 71.5. The summed E-state index contributed by atoms with van der Waals surface area (Å²) in [5, 5.41) is 32.7. The molecule has 0 saturated heterocycles. The average molecular weight is 1530 g/mol. The Balaban J connectivity index is 0.000000111. The van der Waals surface area contributed by atoms with Gasteiger partial charge < -0.3 is 26.6 Å². The number of aryl methyl sites for hydroxylation is 2. The molecular formula is C106H81N5S3. The molecule has 18 aromatic carbocycles. The molecule has 0 spiro atoms. The maximum atomic E-state index is 8.30. The molecule has 548 valence electrons. The second kappa shape index (κ2) is 34.2. The second-order valence-corrected chi connectivity index (χ2v) is 30.7. The Morgan fingerprint density at radius 3 is 1.33 bits per heavy atom. The lowest BCUT2D eigenvalue weighted by molar-refractivity contribution is 1.43. The van der Waals surface area contributed by atoms with Gasteiger partial charge in [-0.3, -0.25) is 0 Å². The van der Waals surface area contributed by atoms with Crippen LogP contribution in [0, 0.1) is 13.8 Å². The van der Waals surface area contributed by atoms with E-state index < -0.39 is 54.4 Å². The van der Waals surface area contributed by atoms with Crippen LogP contribution < -0.4 is 26.6 Å². The van der Waals surface area contributed by atoms with Crippen LogP contribution in [0.5, 0.6) is 0 Å². The molecule has 0 radical (unpaired) electrons. The summed E-state index contributed by atoms with van der Waals surface area (Å²) in [5.74, 6) is 0. The maximum Gasteiger partial charge on any atom is 0.0645 e. The molecule has 3 heterocycles. The first-order valence-electron chi connectivity index (χ1n) is 42.1. The fraction of sp³-hybridized carbons (Fsp3) is 0.0189. The van der Waals surface area contributed by atoms with E-state index >= 15 is 0 Å². The molecule has 8 heteroatoms. The van der Waals surface area contributed by atoms with Gasteiger partial charge in [-0.05, 0) is 214 Å². The number of hydrogen-bond donors (Lipinski definition) is 5. The molecule has 0 amide bonds. The van der Waals surface area contributed by atoms with Gasteiger partial charge in [-0.1, -0.05) is 273 Å². The molecule has 0 atom stereocenters. The summed E-state index contributed by atoms with van der Waals surface area (Å²) in [5.41, 5.74) is 15.0. The molecular weight excluding hydrogens is 1440 g/mol. The largest absolute Gasteiger partial charge is 0.356 e. The summed E-state index contributed by atoms with van der Waals surface area (Å²) < 4.78 is 80.5. The fourth-order valence-corrected chi connectivity index (χ4v) is 17.7. The highest BCUT2D eigenvalue weighted by Crippen LogP contribution is 2.46. The van der Waals surface area contributed by atoms with Crippen molar-refractivity contribution in [2.45, 2.75) is 13.8 Å². The highest BCUT2D eigenvalue weighted by molar-refractivity contribution is 7.27. The van der Waals surface area contributed by atoms with E-state index in [1.54, 1.807) is 30.3 Å². The van der Waals surface area contributed by atoms with E-state index in [4.69, 9.17) is 12.3 Å². The Bertz CT molecular complexity index is 7430. The topological polar surface area (TPSA) is 60.1 Å². The van der Waals surface area contributed by atoms with Crippen LogP contribution in [0.3, 0.4) is 0 Å². The normalized spacial score (nSPS) is 12.0. The highest BCUT2D eigenvalue weighted by Gasteiger charge is 2.17. The van der Waals surface area contributed by atoms with E-state index in [9.17, 15) is 0 Å². The molecule has 5 nitrogen and oxygen atoms in total. The smallest absolute Gasteiger partial charge is 0.0645 e. The van der Waals surface area contributed by atoms with Crippen molar-refractivity contribution in [1.82, 2.24) is 0 Å². The van der Waals surface area contributed by atoms with E-state index in [-0.39, 0.29) is 16.8 Å². The van der Waals surface area contributed by atoms with E-state index in [2.05, 4.69) is 338 Å². The number of rotatable bonds is 13. The first kappa shape index (κ1) is 62.9. The fourth-order valence-electron chi connectivity index (χ4n) is 14.2. The second-order valence-electron chi connectivity index (χ2n) is 27.5. The summed E-state index contributed by atoms with van der Waals surface area (Å²) in [4.78, 5) is 0. The van der Waals surface area contributed by atoms with Gasteiger partial charge in [0.2, 0.25) is 0 Å². The number of thiophene rings is 3. The number of anilines is 10. The lowest BCUT2D eigenvalue weighted by atomic mass is 9.98. The summed E-state index contributed by atoms with van der Waals surface area (Å²) >= 11 is 5.60. The van der Waals surface area contributed by atoms with Crippen LogP contribution in [0.25, 0.3) is 121 Å². The van der Waals surface area contributed by atoms with E-state index in [1.165, 1.54) is 115 Å². The summed E-state index contributed by atoms with van der Waals surface area (Å²) in [6, 6.07) is 118. The first-order valence-corrected chi connectivity index (χ1v) is 40.1. The number of hydrogen-bond acceptors (Lipinski definition) is 8. The van der Waals surface area contributed by atoms with Gasteiger partial charge >= 0.3 is 0 Å². The average Bonchev–Trinajstić information content (AvgIpc) is 1.71. The molecule has 0 aliphatic heterocycles. The molecule has 0 unspecified atom stereocenters. The minimum Gasteiger partial charge on any atom is -0.356 e. The zero-order valence-corrected chi connectivity index (χ0v) is 64.9. The van der Waals surface area contributed by atoms with Gasteiger partial charge in [0.1, 0.15) is 0 Å². The van der Waals surface area contributed by atoms with E-state index in [0.717, 1.165) is 51.1 Å². The third-order valence-corrected chi connectivity index (χ3v) is 23.1. The summed E-state index contributed by atoms with van der Waals surface area (Å²) in [6.45, 7) is 8.08. The first-order chi connectivity index (χ1) is 60.0. The number of benzene rings is 18. The van der Waals surface area contributed by atoms with Crippen LogP contribution in [0.2, 0.25) is 0 Å². The number of para-hydroxylation sites is 4. The van der Waals surface area contributed by atoms with Gasteiger partial charge in [0, 0.05) is 134 Å². The predicted octanol–water partition coefficient (Wildman–Crippen LogP) is 32.3. The standard InChI is InChI=1S/C26H17NS.C26H19NS.C22H15NS.C18H15N.C14H15N/c1-2-9-18(10-3-1)27-22-16-24-26(21-13-7-6-12-20(21)22)25-19-11-5-4-8-17(19)14-15-23(25)28-24;1-2-18-7-6-8-19(15-18)20-11-13-25-23(16-20)24-17-22(12-14-26(24)28-25)27-21-9-4-3-5-10-21;1-2-8-15(9-3-1)23-20-14-19-17-11-6-7-13-21(17)24-22(19)18-12-5-4-10-16(18)20;1-3-7-15(8-4-1)16-11-13-18(14-12-16)19-17-9-5-2-6-10-17;1-11-5-3-7-13(9-11)15-14-8-4-6-12(2)10-14/h1-16,27H;2-17,27H,1H2;1-14,23H;1-14,19H;3-10,15H,1-2H3/i;;;1D,3D,4D,7D,8D,11D,12D,13D,14D;. The molecule has 21 rings (SSSR count). The van der Waals surface area contributed by atoms with Crippen LogP contribution in [-0.2, 0) is 0 Å². The van der Waals surface area contributed by atoms with Gasteiger partial charge in [0.25, 0.3) is 0 Å². The Morgan fingerprint density at radius 1 is 0.254 bits per heavy atom. The van der Waals surface area contributed by atoms with E-state index in [1.807, 2.05) is 70.4 Å². The lowest BCUT2D eigenvalue weighted by Crippen LogP contribution is -1.91. The minimum absolute atomic E-state index is 0.0580. The van der Waals surface area contributed by atoms with Crippen molar-refractivity contribution in [2.24, 2.45) is 0 Å². The van der Waals surface area contributed by atoms with Gasteiger partial charge in [-0.15, -0.1) is 34.0 Å². The van der Waals surface area contributed by atoms with Gasteiger partial charge in [0.05, 0.1) is 12.3 Å². The molecule has 0 saturated carbocycles. The number of nitrogens with one attached hydrogen (secondary N) is 5. The van der Waals surface area contributed by atoms with Crippen molar-refractivity contribution < 1.29 is 12.3 Å². The molecule has 0 bridgehead atoms. The third kappa shape index (κ3) is 16.7. The van der Waals surface area contributed by atoms with Crippen LogP contribution in [0.15, 0.2) is 413 Å². The van der Waals surface area contributed by atoms with Gasteiger partial charge in [-0.2, -0.15) is 0 Å². The highest BCUT2D eigenvalue weighted by atomic mass is 32.1. The van der Waals surface area contributed by atoms with Crippen LogP contribution in [-0.4, -0.2) is 0 Å². The molecule has 0 aliphatic rings. The Hall–Kier alpha value is -13.9. The van der Waals surface area contributed by atoms with Gasteiger partial charge in [0.15, 0.2) is 0 Å². The van der Waals surface area contributed by atoms with E-state index in [0.29, 0.717) is 5.69 Å². The molecule has 0 aliphatic carbocycles. The zero-order chi connectivity index (χ0) is 84.8. The van der Waals surface area contributed by atoms with Crippen molar-refractivity contribution in [3.63, 3.8) is 0 Å². The van der Waals surface area contributed by atoms with Crippen molar-refractivity contribution in [3.05, 3.63) is 430 Å². The third-order valence-electron chi connectivity index (χ3n) is 19.6. The lowest BCUT2D eigenvalue weighted by Gasteiger charge is -2.11. The van der Waals surface area contributed by atoms with Crippen LogP contribution >= 0.6 is 34.0 Å².